The first-order valence-electron chi connectivity index (χ1n) is 8.50. The molecular formula is C18H24F4N2. The number of rotatable bonds is 5. The Kier molecular flexibility index (Phi) is 4.89. The molecule has 0 saturated carbocycles. The fraction of sp³-hybridized carbons (Fsp3) is 0.667. The molecule has 2 saturated heterocycles. The fourth-order valence-electron chi connectivity index (χ4n) is 3.78. The molecule has 2 heterocycles. The van der Waals surface area contributed by atoms with Crippen molar-refractivity contribution >= 4 is 0 Å². The van der Waals surface area contributed by atoms with E-state index in [0.717, 1.165) is 5.56 Å². The van der Waals surface area contributed by atoms with Crippen LogP contribution in [0.5, 0.6) is 0 Å². The van der Waals surface area contributed by atoms with Crippen LogP contribution in [-0.2, 0) is 6.54 Å². The number of benzene rings is 1. The third kappa shape index (κ3) is 3.91. The Morgan fingerprint density at radius 3 is 2.29 bits per heavy atom. The van der Waals surface area contributed by atoms with E-state index in [1.807, 2.05) is 30.3 Å². The van der Waals surface area contributed by atoms with Crippen LogP contribution in [0.4, 0.5) is 17.6 Å². The second kappa shape index (κ2) is 6.64. The first kappa shape index (κ1) is 17.7. The third-order valence-electron chi connectivity index (χ3n) is 5.16. The standard InChI is InChI=1S/C18H24F4N2/c1-14-9-24(10-15-5-3-2-4-6-15)11-16(18(14,21)22)7-8-23-12-17(19,20)13-23/h2-6,14,16H,7-13H2,1H3. The Morgan fingerprint density at radius 1 is 1.00 bits per heavy atom. The van der Waals surface area contributed by atoms with Crippen LogP contribution in [0.3, 0.4) is 0 Å². The summed E-state index contributed by atoms with van der Waals surface area (Å²) >= 11 is 0. The molecule has 2 atom stereocenters. The zero-order valence-corrected chi connectivity index (χ0v) is 13.9. The maximum Gasteiger partial charge on any atom is 0.272 e. The minimum absolute atomic E-state index is 0.263. The van der Waals surface area contributed by atoms with Crippen LogP contribution in [0, 0.1) is 11.8 Å². The maximum absolute atomic E-state index is 14.5. The molecule has 1 aromatic rings. The summed E-state index contributed by atoms with van der Waals surface area (Å²) in [6, 6.07) is 9.81. The van der Waals surface area contributed by atoms with Crippen molar-refractivity contribution in [2.45, 2.75) is 31.7 Å². The largest absolute Gasteiger partial charge is 0.298 e. The second-order valence-corrected chi connectivity index (χ2v) is 7.31. The lowest BCUT2D eigenvalue weighted by molar-refractivity contribution is -0.160. The summed E-state index contributed by atoms with van der Waals surface area (Å²) in [6.45, 7) is 2.64. The van der Waals surface area contributed by atoms with Gasteiger partial charge in [-0.3, -0.25) is 9.80 Å². The van der Waals surface area contributed by atoms with E-state index in [4.69, 9.17) is 0 Å². The van der Waals surface area contributed by atoms with Crippen molar-refractivity contribution in [3.8, 4) is 0 Å². The highest BCUT2D eigenvalue weighted by molar-refractivity contribution is 5.14. The summed E-state index contributed by atoms with van der Waals surface area (Å²) < 4.78 is 54.8. The highest BCUT2D eigenvalue weighted by Gasteiger charge is 2.50. The predicted molar refractivity (Wildman–Crippen MR) is 85.3 cm³/mol. The minimum Gasteiger partial charge on any atom is -0.298 e. The normalized spacial score (nSPS) is 30.0. The molecule has 2 nitrogen and oxygen atoms in total. The topological polar surface area (TPSA) is 6.48 Å². The van der Waals surface area contributed by atoms with Crippen LogP contribution in [0.2, 0.25) is 0 Å². The van der Waals surface area contributed by atoms with Gasteiger partial charge in [-0.25, -0.2) is 17.6 Å². The van der Waals surface area contributed by atoms with Gasteiger partial charge >= 0.3 is 0 Å². The van der Waals surface area contributed by atoms with Crippen molar-refractivity contribution in [1.82, 2.24) is 9.80 Å². The van der Waals surface area contributed by atoms with Crippen molar-refractivity contribution in [2.75, 3.05) is 32.7 Å². The molecule has 0 aromatic heterocycles. The minimum atomic E-state index is -2.74. The smallest absolute Gasteiger partial charge is 0.272 e. The first-order chi connectivity index (χ1) is 11.3. The van der Waals surface area contributed by atoms with Gasteiger partial charge in [0.1, 0.15) is 0 Å². The zero-order valence-electron chi connectivity index (χ0n) is 13.9. The molecule has 0 radical (unpaired) electrons. The van der Waals surface area contributed by atoms with Crippen LogP contribution < -0.4 is 0 Å². The van der Waals surface area contributed by atoms with Crippen molar-refractivity contribution in [3.63, 3.8) is 0 Å². The van der Waals surface area contributed by atoms with Gasteiger partial charge < -0.3 is 0 Å². The molecule has 6 heteroatoms. The molecule has 0 spiro atoms. The van der Waals surface area contributed by atoms with E-state index >= 15 is 0 Å². The number of hydrogen-bond acceptors (Lipinski definition) is 2. The van der Waals surface area contributed by atoms with E-state index in [1.54, 1.807) is 11.8 Å². The number of hydrogen-bond donors (Lipinski definition) is 0. The number of likely N-dealkylation sites (tertiary alicyclic amines) is 2. The molecule has 1 aromatic carbocycles. The van der Waals surface area contributed by atoms with Gasteiger partial charge in [-0.15, -0.1) is 0 Å². The lowest BCUT2D eigenvalue weighted by atomic mass is 9.83. The number of halogens is 4. The van der Waals surface area contributed by atoms with E-state index in [0.29, 0.717) is 26.2 Å². The number of piperidine rings is 1. The van der Waals surface area contributed by atoms with Crippen molar-refractivity contribution in [3.05, 3.63) is 35.9 Å². The Morgan fingerprint density at radius 2 is 1.67 bits per heavy atom. The molecule has 2 fully saturated rings. The average molecular weight is 344 g/mol. The molecule has 2 unspecified atom stereocenters. The van der Waals surface area contributed by atoms with Crippen LogP contribution in [0.15, 0.2) is 30.3 Å². The van der Waals surface area contributed by atoms with Gasteiger partial charge in [0.15, 0.2) is 0 Å². The molecule has 0 aliphatic carbocycles. The van der Waals surface area contributed by atoms with E-state index in [-0.39, 0.29) is 19.5 Å². The monoisotopic (exact) mass is 344 g/mol. The van der Waals surface area contributed by atoms with E-state index in [2.05, 4.69) is 4.90 Å². The van der Waals surface area contributed by atoms with Crippen LogP contribution in [0.25, 0.3) is 0 Å². The fourth-order valence-corrected chi connectivity index (χ4v) is 3.78. The highest BCUT2D eigenvalue weighted by atomic mass is 19.3. The lowest BCUT2D eigenvalue weighted by Gasteiger charge is -2.44. The van der Waals surface area contributed by atoms with Gasteiger partial charge in [0.05, 0.1) is 13.1 Å². The van der Waals surface area contributed by atoms with Crippen LogP contribution in [-0.4, -0.2) is 54.4 Å². The molecule has 0 bridgehead atoms. The van der Waals surface area contributed by atoms with Gasteiger partial charge in [-0.1, -0.05) is 37.3 Å². The van der Waals surface area contributed by atoms with E-state index < -0.39 is 23.7 Å². The molecule has 2 aliphatic rings. The summed E-state index contributed by atoms with van der Waals surface area (Å²) in [4.78, 5) is 3.63. The molecule has 3 rings (SSSR count). The number of nitrogens with zero attached hydrogens (tertiary/aromatic N) is 2. The Bertz CT molecular complexity index is 541. The summed E-state index contributed by atoms with van der Waals surface area (Å²) in [5, 5.41) is 0. The predicted octanol–water partition coefficient (Wildman–Crippen LogP) is 3.73. The summed E-state index contributed by atoms with van der Waals surface area (Å²) in [5.74, 6) is -6.88. The molecular weight excluding hydrogens is 320 g/mol. The molecule has 0 N–H and O–H groups in total. The molecule has 0 amide bonds. The van der Waals surface area contributed by atoms with Gasteiger partial charge in [-0.2, -0.15) is 0 Å². The maximum atomic E-state index is 14.5. The van der Waals surface area contributed by atoms with Gasteiger partial charge in [-0.05, 0) is 18.5 Å². The SMILES string of the molecule is CC1CN(Cc2ccccc2)CC(CCN2CC(F)(F)C2)C1(F)F. The zero-order chi connectivity index (χ0) is 17.4. The highest BCUT2D eigenvalue weighted by Crippen LogP contribution is 2.40. The Balaban J connectivity index is 1.58. The third-order valence-corrected chi connectivity index (χ3v) is 5.16. The summed E-state index contributed by atoms with van der Waals surface area (Å²) in [7, 11) is 0. The lowest BCUT2D eigenvalue weighted by Crippen LogP contribution is -2.58. The quantitative estimate of drug-likeness (QED) is 0.751. The molecule has 2 aliphatic heterocycles. The van der Waals surface area contributed by atoms with Crippen LogP contribution >= 0.6 is 0 Å². The van der Waals surface area contributed by atoms with E-state index in [9.17, 15) is 17.6 Å². The summed E-state index contributed by atoms with van der Waals surface area (Å²) in [6.07, 6.45) is 0.263. The second-order valence-electron chi connectivity index (χ2n) is 7.31. The Labute approximate surface area is 140 Å². The van der Waals surface area contributed by atoms with Crippen molar-refractivity contribution in [1.29, 1.82) is 0 Å². The van der Waals surface area contributed by atoms with Gasteiger partial charge in [0.25, 0.3) is 11.8 Å². The molecule has 24 heavy (non-hydrogen) atoms. The van der Waals surface area contributed by atoms with Gasteiger partial charge in [0.2, 0.25) is 0 Å². The summed E-state index contributed by atoms with van der Waals surface area (Å²) in [5.41, 5.74) is 1.11. The van der Waals surface area contributed by atoms with Crippen molar-refractivity contribution in [2.24, 2.45) is 11.8 Å². The molecule has 134 valence electrons. The number of alkyl halides is 4. The first-order valence-corrected chi connectivity index (χ1v) is 8.50. The van der Waals surface area contributed by atoms with E-state index in [1.165, 1.54) is 0 Å². The Hall–Kier alpha value is -1.14. The van der Waals surface area contributed by atoms with Crippen LogP contribution in [0.1, 0.15) is 18.9 Å². The van der Waals surface area contributed by atoms with Crippen molar-refractivity contribution < 1.29 is 17.6 Å². The average Bonchev–Trinajstić information content (AvgIpc) is 2.48. The van der Waals surface area contributed by atoms with Gasteiger partial charge in [0, 0.05) is 31.5 Å².